The number of benzene rings is 1. The topological polar surface area (TPSA) is 23.5 Å². The van der Waals surface area contributed by atoms with Gasteiger partial charge in [-0.15, -0.1) is 0 Å². The third-order valence-electron chi connectivity index (χ3n) is 3.06. The van der Waals surface area contributed by atoms with Crippen LogP contribution in [0.1, 0.15) is 31.4 Å². The van der Waals surface area contributed by atoms with Gasteiger partial charge in [0.2, 0.25) is 0 Å². The third kappa shape index (κ3) is 3.86. The molecule has 1 saturated heterocycles. The first-order chi connectivity index (χ1) is 8.88. The Balaban J connectivity index is 0.000000861. The van der Waals surface area contributed by atoms with Crippen LogP contribution in [-0.2, 0) is 6.18 Å². The monoisotopic (exact) mass is 275 g/mol. The fourth-order valence-electron chi connectivity index (χ4n) is 2.09. The minimum atomic E-state index is -4.32. The second kappa shape index (κ2) is 6.28. The molecular weight excluding hydrogens is 255 g/mol. The van der Waals surface area contributed by atoms with Crippen LogP contribution in [-0.4, -0.2) is 24.3 Å². The number of aryl methyl sites for hydroxylation is 1. The zero-order valence-electron chi connectivity index (χ0n) is 11.5. The van der Waals surface area contributed by atoms with Crippen LogP contribution in [0.2, 0.25) is 0 Å². The molecule has 0 saturated carbocycles. The second-order valence-corrected chi connectivity index (χ2v) is 4.39. The molecule has 1 fully saturated rings. The van der Waals surface area contributed by atoms with Gasteiger partial charge in [0.05, 0.1) is 11.7 Å². The van der Waals surface area contributed by atoms with E-state index < -0.39 is 17.8 Å². The van der Waals surface area contributed by atoms with Crippen LogP contribution in [0.15, 0.2) is 18.2 Å². The zero-order valence-corrected chi connectivity index (χ0v) is 11.5. The van der Waals surface area contributed by atoms with Gasteiger partial charge in [0.15, 0.2) is 0 Å². The predicted octanol–water partition coefficient (Wildman–Crippen LogP) is 3.61. The van der Waals surface area contributed by atoms with Crippen molar-refractivity contribution in [2.75, 3.05) is 18.0 Å². The van der Waals surface area contributed by atoms with Crippen molar-refractivity contribution in [2.45, 2.75) is 39.5 Å². The average molecular weight is 275 g/mol. The Labute approximate surface area is 111 Å². The Kier molecular flexibility index (Phi) is 5.23. The molecule has 1 aromatic carbocycles. The van der Waals surface area contributed by atoms with E-state index in [-0.39, 0.29) is 5.56 Å². The van der Waals surface area contributed by atoms with E-state index in [4.69, 9.17) is 0 Å². The van der Waals surface area contributed by atoms with Crippen LogP contribution in [0.25, 0.3) is 0 Å². The van der Waals surface area contributed by atoms with Crippen molar-refractivity contribution in [3.8, 4) is 0 Å². The molecule has 0 spiro atoms. The Morgan fingerprint density at radius 2 is 1.89 bits per heavy atom. The molecule has 5 heteroatoms. The molecule has 108 valence electrons. The molecule has 2 rings (SSSR count). The average Bonchev–Trinajstić information content (AvgIpc) is 2.77. The Morgan fingerprint density at radius 1 is 1.26 bits per heavy atom. The number of alkyl halides is 3. The summed E-state index contributed by atoms with van der Waals surface area (Å²) >= 11 is 0. The fourth-order valence-corrected chi connectivity index (χ4v) is 2.09. The van der Waals surface area contributed by atoms with E-state index in [0.29, 0.717) is 25.2 Å². The van der Waals surface area contributed by atoms with Gasteiger partial charge in [0, 0.05) is 18.8 Å². The van der Waals surface area contributed by atoms with Crippen molar-refractivity contribution in [3.05, 3.63) is 29.3 Å². The Morgan fingerprint density at radius 3 is 2.37 bits per heavy atom. The summed E-state index contributed by atoms with van der Waals surface area (Å²) in [5.41, 5.74) is 0.150. The number of β-amino-alcohol motifs (C(OH)–C–C–N with tert-alkyl or cyclic N) is 1. The molecule has 1 aromatic rings. The van der Waals surface area contributed by atoms with Gasteiger partial charge in [-0.25, -0.2) is 0 Å². The van der Waals surface area contributed by atoms with Gasteiger partial charge < -0.3 is 10.0 Å². The summed E-state index contributed by atoms with van der Waals surface area (Å²) in [5.74, 6) is 0. The summed E-state index contributed by atoms with van der Waals surface area (Å²) in [4.78, 5) is 1.78. The third-order valence-corrected chi connectivity index (χ3v) is 3.06. The fraction of sp³-hybridized carbons (Fsp3) is 0.571. The summed E-state index contributed by atoms with van der Waals surface area (Å²) in [6, 6.07) is 4.30. The first-order valence-electron chi connectivity index (χ1n) is 6.49. The van der Waals surface area contributed by atoms with Gasteiger partial charge in [0.25, 0.3) is 0 Å². The molecule has 0 amide bonds. The lowest BCUT2D eigenvalue weighted by Gasteiger charge is -2.20. The molecule has 1 N–H and O–H groups in total. The number of aliphatic hydroxyl groups excluding tert-OH is 1. The van der Waals surface area contributed by atoms with E-state index in [9.17, 15) is 18.3 Å². The first kappa shape index (κ1) is 15.8. The number of hydrogen-bond donors (Lipinski definition) is 1. The van der Waals surface area contributed by atoms with Gasteiger partial charge in [-0.1, -0.05) is 19.9 Å². The van der Waals surface area contributed by atoms with Crippen molar-refractivity contribution in [3.63, 3.8) is 0 Å². The molecule has 0 radical (unpaired) electrons. The quantitative estimate of drug-likeness (QED) is 0.846. The van der Waals surface area contributed by atoms with Crippen LogP contribution in [0.3, 0.4) is 0 Å². The van der Waals surface area contributed by atoms with Gasteiger partial charge in [-0.3, -0.25) is 0 Å². The van der Waals surface area contributed by atoms with Crippen LogP contribution in [0.4, 0.5) is 18.9 Å². The summed E-state index contributed by atoms with van der Waals surface area (Å²) in [6.07, 6.45) is -4.15. The number of rotatable bonds is 1. The van der Waals surface area contributed by atoms with Gasteiger partial charge in [-0.2, -0.15) is 13.2 Å². The summed E-state index contributed by atoms with van der Waals surface area (Å²) in [6.45, 7) is 6.45. The standard InChI is InChI=1S/C12H14F3NO.C2H6/c1-8-2-3-9(6-11(8)12(13,14)15)16-5-4-10(17)7-16;1-2/h2-3,6,10,17H,4-5,7H2,1H3;1-2H3. The molecular formula is C14H20F3NO. The first-order valence-corrected chi connectivity index (χ1v) is 6.49. The van der Waals surface area contributed by atoms with Gasteiger partial charge in [-0.05, 0) is 31.0 Å². The number of aliphatic hydroxyl groups is 1. The maximum Gasteiger partial charge on any atom is 0.416 e. The van der Waals surface area contributed by atoms with E-state index >= 15 is 0 Å². The van der Waals surface area contributed by atoms with Crippen LogP contribution < -0.4 is 4.90 Å². The molecule has 1 aliphatic rings. The highest BCUT2D eigenvalue weighted by Crippen LogP contribution is 2.34. The van der Waals surface area contributed by atoms with Crippen LogP contribution in [0.5, 0.6) is 0 Å². The highest BCUT2D eigenvalue weighted by Gasteiger charge is 2.33. The maximum absolute atomic E-state index is 12.7. The molecule has 19 heavy (non-hydrogen) atoms. The number of anilines is 1. The molecule has 1 aliphatic heterocycles. The Hall–Kier alpha value is -1.23. The zero-order chi connectivity index (χ0) is 14.6. The van der Waals surface area contributed by atoms with Crippen molar-refractivity contribution < 1.29 is 18.3 Å². The van der Waals surface area contributed by atoms with Gasteiger partial charge in [0.1, 0.15) is 0 Å². The van der Waals surface area contributed by atoms with Crippen LogP contribution >= 0.6 is 0 Å². The van der Waals surface area contributed by atoms with E-state index in [0.717, 1.165) is 6.07 Å². The van der Waals surface area contributed by atoms with Crippen molar-refractivity contribution in [1.82, 2.24) is 0 Å². The largest absolute Gasteiger partial charge is 0.416 e. The number of hydrogen-bond acceptors (Lipinski definition) is 2. The molecule has 0 aromatic heterocycles. The van der Waals surface area contributed by atoms with Crippen molar-refractivity contribution in [1.29, 1.82) is 0 Å². The summed E-state index contributed by atoms with van der Waals surface area (Å²) in [7, 11) is 0. The molecule has 1 unspecified atom stereocenters. The van der Waals surface area contributed by atoms with Crippen molar-refractivity contribution >= 4 is 5.69 Å². The molecule has 0 bridgehead atoms. The number of nitrogens with zero attached hydrogens (tertiary/aromatic N) is 1. The van der Waals surface area contributed by atoms with E-state index in [1.807, 2.05) is 13.8 Å². The predicted molar refractivity (Wildman–Crippen MR) is 70.4 cm³/mol. The SMILES string of the molecule is CC.Cc1ccc(N2CCC(O)C2)cc1C(F)(F)F. The minimum Gasteiger partial charge on any atom is -0.391 e. The maximum atomic E-state index is 12.7. The molecule has 1 atom stereocenters. The lowest BCUT2D eigenvalue weighted by atomic mass is 10.1. The van der Waals surface area contributed by atoms with Gasteiger partial charge >= 0.3 is 6.18 Å². The minimum absolute atomic E-state index is 0.223. The van der Waals surface area contributed by atoms with Crippen molar-refractivity contribution in [2.24, 2.45) is 0 Å². The molecule has 1 heterocycles. The molecule has 2 nitrogen and oxygen atoms in total. The van der Waals surface area contributed by atoms with E-state index in [1.54, 1.807) is 11.0 Å². The highest BCUT2D eigenvalue weighted by molar-refractivity contribution is 5.52. The van der Waals surface area contributed by atoms with Crippen LogP contribution in [0, 0.1) is 6.92 Å². The number of halogens is 3. The highest BCUT2D eigenvalue weighted by atomic mass is 19.4. The summed E-state index contributed by atoms with van der Waals surface area (Å²) < 4.78 is 38.2. The lowest BCUT2D eigenvalue weighted by Crippen LogP contribution is -2.21. The van der Waals surface area contributed by atoms with E-state index in [2.05, 4.69) is 0 Å². The van der Waals surface area contributed by atoms with E-state index in [1.165, 1.54) is 13.0 Å². The summed E-state index contributed by atoms with van der Waals surface area (Å²) in [5, 5.41) is 9.38. The smallest absolute Gasteiger partial charge is 0.391 e. The lowest BCUT2D eigenvalue weighted by molar-refractivity contribution is -0.138. The second-order valence-electron chi connectivity index (χ2n) is 4.39. The Bertz CT molecular complexity index is 418. The normalized spacial score (nSPS) is 19.1. The molecule has 0 aliphatic carbocycles.